The molecule has 0 aliphatic carbocycles. The number of rotatable bonds is 5. The van der Waals surface area contributed by atoms with Crippen LogP contribution in [0, 0.1) is 0 Å². The molecule has 0 aliphatic rings. The van der Waals surface area contributed by atoms with E-state index in [1.807, 2.05) is 25.1 Å². The number of para-hydroxylation sites is 1. The van der Waals surface area contributed by atoms with Crippen molar-refractivity contribution in [3.63, 3.8) is 0 Å². The standard InChI is InChI=1S/C11H16N2O2.ClH/c1-9(7-12)13-11(14)8-15-10-5-3-2-4-6-10;/h2-6,9H,7-8,12H2,1H3,(H,13,14);1H/t9-;/m1./s1. The Labute approximate surface area is 102 Å². The Morgan fingerprint density at radius 3 is 2.62 bits per heavy atom. The van der Waals surface area contributed by atoms with Crippen LogP contribution in [0.3, 0.4) is 0 Å². The van der Waals surface area contributed by atoms with Crippen LogP contribution in [0.15, 0.2) is 30.3 Å². The molecule has 0 aliphatic heterocycles. The normalized spacial score (nSPS) is 11.1. The van der Waals surface area contributed by atoms with Gasteiger partial charge in [-0.1, -0.05) is 18.2 Å². The summed E-state index contributed by atoms with van der Waals surface area (Å²) in [5.74, 6) is 0.532. The second kappa shape index (κ2) is 7.96. The van der Waals surface area contributed by atoms with Crippen molar-refractivity contribution >= 4 is 18.3 Å². The largest absolute Gasteiger partial charge is 0.484 e. The van der Waals surface area contributed by atoms with Crippen LogP contribution >= 0.6 is 12.4 Å². The maximum Gasteiger partial charge on any atom is 0.258 e. The highest BCUT2D eigenvalue weighted by Gasteiger charge is 2.05. The van der Waals surface area contributed by atoms with E-state index in [0.29, 0.717) is 12.3 Å². The molecule has 3 N–H and O–H groups in total. The van der Waals surface area contributed by atoms with Gasteiger partial charge in [0, 0.05) is 12.6 Å². The van der Waals surface area contributed by atoms with Crippen LogP contribution in [-0.4, -0.2) is 25.1 Å². The lowest BCUT2D eigenvalue weighted by Crippen LogP contribution is -2.40. The van der Waals surface area contributed by atoms with Gasteiger partial charge in [-0.3, -0.25) is 4.79 Å². The van der Waals surface area contributed by atoms with Gasteiger partial charge in [-0.25, -0.2) is 0 Å². The predicted molar refractivity (Wildman–Crippen MR) is 65.8 cm³/mol. The third-order valence-corrected chi connectivity index (χ3v) is 1.87. The molecule has 1 atom stereocenters. The molecule has 0 saturated heterocycles. The van der Waals surface area contributed by atoms with Crippen molar-refractivity contribution < 1.29 is 9.53 Å². The van der Waals surface area contributed by atoms with Gasteiger partial charge in [-0.15, -0.1) is 12.4 Å². The molecule has 4 nitrogen and oxygen atoms in total. The van der Waals surface area contributed by atoms with Crippen LogP contribution < -0.4 is 15.8 Å². The minimum Gasteiger partial charge on any atom is -0.484 e. The first kappa shape index (κ1) is 14.7. The fourth-order valence-corrected chi connectivity index (χ4v) is 1.04. The van der Waals surface area contributed by atoms with Gasteiger partial charge < -0.3 is 15.8 Å². The Morgan fingerprint density at radius 1 is 1.44 bits per heavy atom. The summed E-state index contributed by atoms with van der Waals surface area (Å²) < 4.78 is 5.26. The molecule has 0 unspecified atom stereocenters. The van der Waals surface area contributed by atoms with Gasteiger partial charge in [-0.2, -0.15) is 0 Å². The van der Waals surface area contributed by atoms with E-state index < -0.39 is 0 Å². The number of amides is 1. The minimum atomic E-state index is -0.156. The highest BCUT2D eigenvalue weighted by Crippen LogP contribution is 2.07. The number of hydrogen-bond donors (Lipinski definition) is 2. The van der Waals surface area contributed by atoms with Crippen molar-refractivity contribution in [1.29, 1.82) is 0 Å². The molecule has 0 fully saturated rings. The lowest BCUT2D eigenvalue weighted by atomic mass is 10.3. The maximum absolute atomic E-state index is 11.3. The van der Waals surface area contributed by atoms with Crippen molar-refractivity contribution in [2.75, 3.05) is 13.2 Å². The molecule has 1 rings (SSSR count). The zero-order chi connectivity index (χ0) is 11.1. The van der Waals surface area contributed by atoms with Gasteiger partial charge in [-0.05, 0) is 19.1 Å². The number of carbonyl (C=O) groups is 1. The molecule has 5 heteroatoms. The molecule has 0 aromatic heterocycles. The second-order valence-electron chi connectivity index (χ2n) is 3.31. The van der Waals surface area contributed by atoms with E-state index in [0.717, 1.165) is 0 Å². The fourth-order valence-electron chi connectivity index (χ4n) is 1.04. The molecule has 0 saturated carbocycles. The van der Waals surface area contributed by atoms with E-state index in [1.165, 1.54) is 0 Å². The van der Waals surface area contributed by atoms with Gasteiger partial charge in [0.15, 0.2) is 6.61 Å². The smallest absolute Gasteiger partial charge is 0.258 e. The predicted octanol–water partition coefficient (Wildman–Crippen LogP) is 0.951. The summed E-state index contributed by atoms with van der Waals surface area (Å²) >= 11 is 0. The Balaban J connectivity index is 0.00000225. The van der Waals surface area contributed by atoms with Crippen LogP contribution in [0.1, 0.15) is 6.92 Å². The molecular weight excluding hydrogens is 228 g/mol. The van der Waals surface area contributed by atoms with Crippen LogP contribution in [-0.2, 0) is 4.79 Å². The van der Waals surface area contributed by atoms with Crippen molar-refractivity contribution in [3.8, 4) is 5.75 Å². The lowest BCUT2D eigenvalue weighted by Gasteiger charge is -2.11. The van der Waals surface area contributed by atoms with Crippen LogP contribution in [0.25, 0.3) is 0 Å². The topological polar surface area (TPSA) is 64.3 Å². The SMILES string of the molecule is C[C@H](CN)NC(=O)COc1ccccc1.Cl. The molecule has 0 spiro atoms. The van der Waals surface area contributed by atoms with Crippen molar-refractivity contribution in [3.05, 3.63) is 30.3 Å². The number of hydrogen-bond acceptors (Lipinski definition) is 3. The summed E-state index contributed by atoms with van der Waals surface area (Å²) in [6, 6.07) is 9.20. The molecule has 0 bridgehead atoms. The number of halogens is 1. The fraction of sp³-hybridized carbons (Fsp3) is 0.364. The van der Waals surface area contributed by atoms with Crippen molar-refractivity contribution in [2.24, 2.45) is 5.73 Å². The summed E-state index contributed by atoms with van der Waals surface area (Å²) in [5.41, 5.74) is 5.37. The second-order valence-corrected chi connectivity index (χ2v) is 3.31. The van der Waals surface area contributed by atoms with E-state index in [1.54, 1.807) is 12.1 Å². The average molecular weight is 245 g/mol. The Kier molecular flexibility index (Phi) is 7.33. The molecule has 1 aromatic rings. The van der Waals surface area contributed by atoms with Gasteiger partial charge in [0.1, 0.15) is 5.75 Å². The number of ether oxygens (including phenoxy) is 1. The highest BCUT2D eigenvalue weighted by atomic mass is 35.5. The highest BCUT2D eigenvalue weighted by molar-refractivity contribution is 5.85. The Hall–Kier alpha value is -1.26. The summed E-state index contributed by atoms with van der Waals surface area (Å²) in [6.07, 6.45) is 0. The Bertz CT molecular complexity index is 306. The summed E-state index contributed by atoms with van der Waals surface area (Å²) in [6.45, 7) is 2.30. The van der Waals surface area contributed by atoms with Crippen molar-refractivity contribution in [2.45, 2.75) is 13.0 Å². The number of nitrogens with one attached hydrogen (secondary N) is 1. The zero-order valence-electron chi connectivity index (χ0n) is 9.18. The van der Waals surface area contributed by atoms with Gasteiger partial charge in [0.05, 0.1) is 0 Å². The monoisotopic (exact) mass is 244 g/mol. The number of benzene rings is 1. The van der Waals surface area contributed by atoms with Crippen molar-refractivity contribution in [1.82, 2.24) is 5.32 Å². The average Bonchev–Trinajstić information content (AvgIpc) is 2.27. The molecule has 90 valence electrons. The van der Waals surface area contributed by atoms with E-state index in [4.69, 9.17) is 10.5 Å². The number of carbonyl (C=O) groups excluding carboxylic acids is 1. The first-order chi connectivity index (χ1) is 7.22. The summed E-state index contributed by atoms with van der Waals surface area (Å²) in [5, 5.41) is 2.71. The van der Waals surface area contributed by atoms with Gasteiger partial charge in [0.2, 0.25) is 0 Å². The lowest BCUT2D eigenvalue weighted by molar-refractivity contribution is -0.123. The van der Waals surface area contributed by atoms with Crippen LogP contribution in [0.5, 0.6) is 5.75 Å². The quantitative estimate of drug-likeness (QED) is 0.811. The maximum atomic E-state index is 11.3. The van der Waals surface area contributed by atoms with Crippen LogP contribution in [0.4, 0.5) is 0 Å². The molecular formula is C11H17ClN2O2. The third kappa shape index (κ3) is 5.58. The molecule has 0 radical (unpaired) electrons. The van der Waals surface area contributed by atoms with E-state index in [2.05, 4.69) is 5.32 Å². The molecule has 1 amide bonds. The summed E-state index contributed by atoms with van der Waals surface area (Å²) in [7, 11) is 0. The van der Waals surface area contributed by atoms with E-state index >= 15 is 0 Å². The molecule has 0 heterocycles. The first-order valence-electron chi connectivity index (χ1n) is 4.89. The van der Waals surface area contributed by atoms with E-state index in [9.17, 15) is 4.79 Å². The van der Waals surface area contributed by atoms with E-state index in [-0.39, 0.29) is 31.0 Å². The number of nitrogens with two attached hydrogens (primary N) is 1. The minimum absolute atomic E-state index is 0. The zero-order valence-corrected chi connectivity index (χ0v) is 10.00. The Morgan fingerprint density at radius 2 is 2.06 bits per heavy atom. The third-order valence-electron chi connectivity index (χ3n) is 1.87. The summed E-state index contributed by atoms with van der Waals surface area (Å²) in [4.78, 5) is 11.3. The van der Waals surface area contributed by atoms with Gasteiger partial charge >= 0.3 is 0 Å². The molecule has 16 heavy (non-hydrogen) atoms. The first-order valence-corrected chi connectivity index (χ1v) is 4.89. The van der Waals surface area contributed by atoms with Crippen LogP contribution in [0.2, 0.25) is 0 Å². The molecule has 1 aromatic carbocycles. The van der Waals surface area contributed by atoms with Gasteiger partial charge in [0.25, 0.3) is 5.91 Å².